The van der Waals surface area contributed by atoms with Crippen molar-refractivity contribution in [3.63, 3.8) is 0 Å². The summed E-state index contributed by atoms with van der Waals surface area (Å²) in [5.74, 6) is 0.314. The van der Waals surface area contributed by atoms with E-state index in [9.17, 15) is 4.79 Å². The highest BCUT2D eigenvalue weighted by Gasteiger charge is 2.56. The average molecular weight is 721 g/mol. The molecular formula is C35H49IO6Si. The molecule has 0 saturated carbocycles. The van der Waals surface area contributed by atoms with Crippen molar-refractivity contribution in [1.29, 1.82) is 0 Å². The van der Waals surface area contributed by atoms with Crippen LogP contribution in [0.15, 0.2) is 36.4 Å². The number of carbonyl (C=O) groups is 1. The van der Waals surface area contributed by atoms with Gasteiger partial charge in [0.25, 0.3) is 8.32 Å². The van der Waals surface area contributed by atoms with Crippen molar-refractivity contribution in [2.75, 3.05) is 11.0 Å². The standard InChI is InChI=1S/C35H49IO6Si/c1-8-9-11-16-27-17-25-18-28(42-43(6,7)34(3,4)5)31(33(37)38-21-24-14-12-10-13-15-24)32-30(25)29(40-27)19-35(41-32)23(2)26(20-36)22-39-35/h10,12-15,18,23,26-27,29H,8-9,11,16-17,19-22H2,1-7H3/t23-,26+,27+,29-,35-/m0/s1. The summed E-state index contributed by atoms with van der Waals surface area (Å²) in [6.07, 6.45) is 5.82. The van der Waals surface area contributed by atoms with Gasteiger partial charge in [-0.2, -0.15) is 0 Å². The third-order valence-electron chi connectivity index (χ3n) is 10.1. The Morgan fingerprint density at radius 2 is 1.91 bits per heavy atom. The van der Waals surface area contributed by atoms with Crippen LogP contribution in [0.2, 0.25) is 18.1 Å². The highest BCUT2D eigenvalue weighted by molar-refractivity contribution is 14.1. The molecule has 2 aromatic rings. The molecule has 6 nitrogen and oxygen atoms in total. The Morgan fingerprint density at radius 3 is 2.56 bits per heavy atom. The third kappa shape index (κ3) is 6.68. The zero-order chi connectivity index (χ0) is 31.0. The fourth-order valence-electron chi connectivity index (χ4n) is 6.26. The van der Waals surface area contributed by atoms with Gasteiger partial charge in [0.05, 0.1) is 18.8 Å². The summed E-state index contributed by atoms with van der Waals surface area (Å²) in [4.78, 5) is 14.2. The van der Waals surface area contributed by atoms with E-state index < -0.39 is 20.1 Å². The van der Waals surface area contributed by atoms with Crippen LogP contribution >= 0.6 is 22.6 Å². The van der Waals surface area contributed by atoms with Gasteiger partial charge >= 0.3 is 5.97 Å². The van der Waals surface area contributed by atoms with E-state index in [-0.39, 0.29) is 29.8 Å². The molecule has 0 amide bonds. The van der Waals surface area contributed by atoms with E-state index >= 15 is 0 Å². The van der Waals surface area contributed by atoms with Crippen LogP contribution in [0.3, 0.4) is 0 Å². The van der Waals surface area contributed by atoms with Crippen LogP contribution in [-0.2, 0) is 27.2 Å². The molecule has 1 fully saturated rings. The van der Waals surface area contributed by atoms with E-state index in [0.717, 1.165) is 40.4 Å². The summed E-state index contributed by atoms with van der Waals surface area (Å²) in [7, 11) is -2.33. The van der Waals surface area contributed by atoms with Crippen molar-refractivity contribution in [2.24, 2.45) is 11.8 Å². The van der Waals surface area contributed by atoms with Gasteiger partial charge in [-0.15, -0.1) is 0 Å². The van der Waals surface area contributed by atoms with E-state index in [1.54, 1.807) is 0 Å². The van der Waals surface area contributed by atoms with E-state index in [0.29, 0.717) is 36.0 Å². The molecule has 8 heteroatoms. The zero-order valence-electron chi connectivity index (χ0n) is 27.0. The predicted octanol–water partition coefficient (Wildman–Crippen LogP) is 9.19. The maximum Gasteiger partial charge on any atom is 0.346 e. The molecular weight excluding hydrogens is 671 g/mol. The van der Waals surface area contributed by atoms with Gasteiger partial charge in [-0.05, 0) is 48.2 Å². The molecule has 5 rings (SSSR count). The third-order valence-corrected chi connectivity index (χ3v) is 15.6. The lowest BCUT2D eigenvalue weighted by Crippen LogP contribution is -2.49. The topological polar surface area (TPSA) is 63.2 Å². The summed E-state index contributed by atoms with van der Waals surface area (Å²) >= 11 is 2.44. The van der Waals surface area contributed by atoms with E-state index in [4.69, 9.17) is 23.4 Å². The van der Waals surface area contributed by atoms with Gasteiger partial charge < -0.3 is 23.4 Å². The maximum absolute atomic E-state index is 14.2. The summed E-state index contributed by atoms with van der Waals surface area (Å²) < 4.78 is 34.3. The fraction of sp³-hybridized carbons (Fsp3) is 0.629. The first-order valence-electron chi connectivity index (χ1n) is 16.0. The number of halogens is 1. The number of hydrogen-bond acceptors (Lipinski definition) is 6. The summed E-state index contributed by atoms with van der Waals surface area (Å²) in [5.41, 5.74) is 3.43. The van der Waals surface area contributed by atoms with Crippen LogP contribution in [0, 0.1) is 11.8 Å². The first kappa shape index (κ1) is 32.8. The lowest BCUT2D eigenvalue weighted by Gasteiger charge is -2.46. The first-order chi connectivity index (χ1) is 20.4. The SMILES string of the molecule is CCCCC[C@@H]1Cc2cc(O[Si](C)(C)C(C)(C)C)c(C(=O)OCc3ccccc3)c3c2[C@H](C[C@]2(OC[C@@H](CI)[C@@H]2C)O3)O1. The molecule has 3 aliphatic heterocycles. The molecule has 0 unspecified atom stereocenters. The molecule has 236 valence electrons. The molecule has 0 radical (unpaired) electrons. The van der Waals surface area contributed by atoms with Crippen LogP contribution in [0.4, 0.5) is 0 Å². The molecule has 43 heavy (non-hydrogen) atoms. The Hall–Kier alpha value is -1.62. The Morgan fingerprint density at radius 1 is 1.16 bits per heavy atom. The normalized spacial score (nSPS) is 26.6. The van der Waals surface area contributed by atoms with Crippen molar-refractivity contribution >= 4 is 36.9 Å². The quantitative estimate of drug-likeness (QED) is 0.0803. The largest absolute Gasteiger partial charge is 0.543 e. The summed E-state index contributed by atoms with van der Waals surface area (Å²) in [6.45, 7) is 16.3. The molecule has 3 heterocycles. The van der Waals surface area contributed by atoms with Crippen molar-refractivity contribution in [3.05, 3.63) is 58.7 Å². The van der Waals surface area contributed by atoms with Crippen LogP contribution in [0.1, 0.15) is 99.9 Å². The smallest absolute Gasteiger partial charge is 0.346 e. The van der Waals surface area contributed by atoms with Gasteiger partial charge in [0, 0.05) is 28.2 Å². The van der Waals surface area contributed by atoms with Gasteiger partial charge in [0.2, 0.25) is 5.79 Å². The van der Waals surface area contributed by atoms with Crippen molar-refractivity contribution < 1.29 is 28.2 Å². The molecule has 2 aromatic carbocycles. The second kappa shape index (κ2) is 13.0. The fourth-order valence-corrected chi connectivity index (χ4v) is 8.30. The second-order valence-electron chi connectivity index (χ2n) is 14.2. The van der Waals surface area contributed by atoms with Crippen molar-refractivity contribution in [1.82, 2.24) is 0 Å². The van der Waals surface area contributed by atoms with Crippen molar-refractivity contribution in [2.45, 2.75) is 116 Å². The maximum atomic E-state index is 14.2. The van der Waals surface area contributed by atoms with Crippen molar-refractivity contribution in [3.8, 4) is 11.5 Å². The number of carbonyl (C=O) groups excluding carboxylic acids is 1. The Kier molecular flexibility index (Phi) is 9.91. The zero-order valence-corrected chi connectivity index (χ0v) is 30.1. The number of alkyl halides is 1. The molecule has 0 N–H and O–H groups in total. The summed E-state index contributed by atoms with van der Waals surface area (Å²) in [5, 5.41) is -0.0572. The number of ether oxygens (including phenoxy) is 4. The highest BCUT2D eigenvalue weighted by Crippen LogP contribution is 2.56. The number of unbranched alkanes of at least 4 members (excludes halogenated alkanes) is 2. The molecule has 3 aliphatic rings. The molecule has 0 aromatic heterocycles. The molecule has 1 saturated heterocycles. The Labute approximate surface area is 272 Å². The van der Waals surface area contributed by atoms with Crippen LogP contribution in [0.25, 0.3) is 0 Å². The van der Waals surface area contributed by atoms with Gasteiger partial charge in [-0.3, -0.25) is 0 Å². The molecule has 0 bridgehead atoms. The molecule has 5 atom stereocenters. The van der Waals surface area contributed by atoms with Gasteiger partial charge in [-0.1, -0.05) is 107 Å². The number of hydrogen-bond donors (Lipinski definition) is 0. The number of esters is 1. The lowest BCUT2D eigenvalue weighted by atomic mass is 9.80. The minimum absolute atomic E-state index is 0.0572. The van der Waals surface area contributed by atoms with E-state index in [2.05, 4.69) is 76.4 Å². The number of rotatable bonds is 10. The van der Waals surface area contributed by atoms with Crippen LogP contribution in [0.5, 0.6) is 11.5 Å². The monoisotopic (exact) mass is 720 g/mol. The predicted molar refractivity (Wildman–Crippen MR) is 181 cm³/mol. The molecule has 0 aliphatic carbocycles. The number of benzene rings is 2. The minimum atomic E-state index is -2.33. The average Bonchev–Trinajstić information content (AvgIpc) is 3.25. The van der Waals surface area contributed by atoms with E-state index in [1.807, 2.05) is 30.3 Å². The van der Waals surface area contributed by atoms with Gasteiger partial charge in [0.15, 0.2) is 0 Å². The highest BCUT2D eigenvalue weighted by atomic mass is 127. The first-order valence-corrected chi connectivity index (χ1v) is 20.5. The van der Waals surface area contributed by atoms with Crippen LogP contribution in [-0.4, -0.2) is 37.2 Å². The molecule has 1 spiro atoms. The van der Waals surface area contributed by atoms with Gasteiger partial charge in [0.1, 0.15) is 23.7 Å². The second-order valence-corrected chi connectivity index (χ2v) is 19.8. The Bertz CT molecular complexity index is 1290. The Balaban J connectivity index is 1.63. The minimum Gasteiger partial charge on any atom is -0.543 e. The van der Waals surface area contributed by atoms with Gasteiger partial charge in [-0.25, -0.2) is 4.79 Å². The lowest BCUT2D eigenvalue weighted by molar-refractivity contribution is -0.214. The van der Waals surface area contributed by atoms with Crippen LogP contribution < -0.4 is 9.16 Å². The summed E-state index contributed by atoms with van der Waals surface area (Å²) in [6, 6.07) is 11.9. The van der Waals surface area contributed by atoms with E-state index in [1.165, 1.54) is 12.8 Å².